The summed E-state index contributed by atoms with van der Waals surface area (Å²) in [5.74, 6) is -0.130. The third-order valence-corrected chi connectivity index (χ3v) is 4.43. The first-order valence-electron chi connectivity index (χ1n) is 8.11. The molecule has 1 aliphatic rings. The van der Waals surface area contributed by atoms with Crippen LogP contribution in [0.1, 0.15) is 48.9 Å². The largest absolute Gasteiger partial charge is 0.349 e. The highest BCUT2D eigenvalue weighted by Gasteiger charge is 2.22. The Morgan fingerprint density at radius 2 is 2.14 bits per heavy atom. The predicted octanol–water partition coefficient (Wildman–Crippen LogP) is 0.581. The van der Waals surface area contributed by atoms with E-state index in [1.54, 1.807) is 0 Å². The minimum atomic E-state index is -0.130. The number of carbonyl (C=O) groups excluding carboxylic acids is 1. The van der Waals surface area contributed by atoms with E-state index in [-0.39, 0.29) is 5.91 Å². The number of nitrogens with one attached hydrogen (secondary N) is 2. The van der Waals surface area contributed by atoms with Crippen molar-refractivity contribution in [1.82, 2.24) is 30.5 Å². The maximum absolute atomic E-state index is 12.3. The zero-order valence-corrected chi connectivity index (χ0v) is 14.1. The van der Waals surface area contributed by atoms with Gasteiger partial charge < -0.3 is 15.5 Å². The van der Waals surface area contributed by atoms with Gasteiger partial charge in [0.2, 0.25) is 0 Å². The zero-order valence-electron chi connectivity index (χ0n) is 14.1. The van der Waals surface area contributed by atoms with Gasteiger partial charge in [-0.2, -0.15) is 0 Å². The monoisotopic (exact) mass is 308 g/mol. The standard InChI is InChI=1S/C15H28N6O/c1-11(2)20(4)10-9-17-15(22)14-12(3)21(19-18-14)13-5-7-16-8-6-13/h11,13,16H,5-10H2,1-4H3,(H,17,22). The van der Waals surface area contributed by atoms with Crippen molar-refractivity contribution in [1.29, 1.82) is 0 Å². The first-order valence-corrected chi connectivity index (χ1v) is 8.11. The molecule has 0 aromatic carbocycles. The van der Waals surface area contributed by atoms with E-state index in [1.165, 1.54) is 0 Å². The summed E-state index contributed by atoms with van der Waals surface area (Å²) in [6.07, 6.45) is 2.06. The van der Waals surface area contributed by atoms with E-state index in [4.69, 9.17) is 0 Å². The first-order chi connectivity index (χ1) is 10.5. The average molecular weight is 308 g/mol. The Hall–Kier alpha value is -1.47. The summed E-state index contributed by atoms with van der Waals surface area (Å²) in [6, 6.07) is 0.821. The SMILES string of the molecule is Cc1c(C(=O)NCCN(C)C(C)C)nnn1C1CCNCC1. The lowest BCUT2D eigenvalue weighted by Crippen LogP contribution is -2.36. The van der Waals surface area contributed by atoms with Crippen molar-refractivity contribution >= 4 is 5.91 Å². The quantitative estimate of drug-likeness (QED) is 0.804. The molecular weight excluding hydrogens is 280 g/mol. The van der Waals surface area contributed by atoms with Crippen LogP contribution < -0.4 is 10.6 Å². The van der Waals surface area contributed by atoms with E-state index < -0.39 is 0 Å². The van der Waals surface area contributed by atoms with Gasteiger partial charge in [-0.05, 0) is 53.8 Å². The molecule has 1 aliphatic heterocycles. The first kappa shape index (κ1) is 16.9. The maximum Gasteiger partial charge on any atom is 0.273 e. The molecule has 7 heteroatoms. The molecule has 1 saturated heterocycles. The lowest BCUT2D eigenvalue weighted by atomic mass is 10.1. The van der Waals surface area contributed by atoms with Gasteiger partial charge in [0.1, 0.15) is 0 Å². The molecule has 7 nitrogen and oxygen atoms in total. The molecule has 0 radical (unpaired) electrons. The number of piperidine rings is 1. The molecule has 1 amide bonds. The van der Waals surface area contributed by atoms with Gasteiger partial charge in [0, 0.05) is 19.1 Å². The molecule has 1 aromatic heterocycles. The zero-order chi connectivity index (χ0) is 16.1. The molecule has 1 aromatic rings. The van der Waals surface area contributed by atoms with Crippen molar-refractivity contribution in [2.45, 2.75) is 45.7 Å². The fourth-order valence-corrected chi connectivity index (χ4v) is 2.64. The lowest BCUT2D eigenvalue weighted by Gasteiger charge is -2.23. The Labute approximate surface area is 132 Å². The van der Waals surface area contributed by atoms with Crippen molar-refractivity contribution in [3.05, 3.63) is 11.4 Å². The summed E-state index contributed by atoms with van der Waals surface area (Å²) < 4.78 is 1.91. The number of aromatic nitrogens is 3. The molecule has 2 rings (SSSR count). The molecule has 124 valence electrons. The van der Waals surface area contributed by atoms with Crippen LogP contribution in [0, 0.1) is 6.92 Å². The third kappa shape index (κ3) is 4.04. The number of rotatable bonds is 6. The smallest absolute Gasteiger partial charge is 0.273 e. The number of carbonyl (C=O) groups is 1. The molecule has 0 unspecified atom stereocenters. The summed E-state index contributed by atoms with van der Waals surface area (Å²) in [5, 5.41) is 14.6. The highest BCUT2D eigenvalue weighted by Crippen LogP contribution is 2.20. The lowest BCUT2D eigenvalue weighted by molar-refractivity contribution is 0.0942. The Morgan fingerprint density at radius 1 is 1.45 bits per heavy atom. The van der Waals surface area contributed by atoms with E-state index in [1.807, 2.05) is 11.6 Å². The Morgan fingerprint density at radius 3 is 2.77 bits per heavy atom. The Balaban J connectivity index is 1.91. The number of amides is 1. The van der Waals surface area contributed by atoms with E-state index in [2.05, 4.69) is 46.7 Å². The highest BCUT2D eigenvalue weighted by molar-refractivity contribution is 5.93. The minimum absolute atomic E-state index is 0.130. The molecule has 2 heterocycles. The molecule has 0 atom stereocenters. The van der Waals surface area contributed by atoms with E-state index in [9.17, 15) is 4.79 Å². The predicted molar refractivity (Wildman–Crippen MR) is 86.0 cm³/mol. The summed E-state index contributed by atoms with van der Waals surface area (Å²) in [4.78, 5) is 14.4. The number of likely N-dealkylation sites (N-methyl/N-ethyl adjacent to an activating group) is 1. The minimum Gasteiger partial charge on any atom is -0.349 e. The van der Waals surface area contributed by atoms with Crippen LogP contribution in [0.25, 0.3) is 0 Å². The van der Waals surface area contributed by atoms with Gasteiger partial charge in [0.25, 0.3) is 5.91 Å². The molecule has 0 bridgehead atoms. The Bertz CT molecular complexity index is 492. The van der Waals surface area contributed by atoms with Gasteiger partial charge >= 0.3 is 0 Å². The van der Waals surface area contributed by atoms with Crippen LogP contribution in [0.5, 0.6) is 0 Å². The van der Waals surface area contributed by atoms with Gasteiger partial charge in [-0.1, -0.05) is 5.21 Å². The summed E-state index contributed by atoms with van der Waals surface area (Å²) in [5.41, 5.74) is 1.31. The van der Waals surface area contributed by atoms with Crippen LogP contribution >= 0.6 is 0 Å². The second-order valence-electron chi connectivity index (χ2n) is 6.28. The third-order valence-electron chi connectivity index (χ3n) is 4.43. The molecular formula is C15H28N6O. The topological polar surface area (TPSA) is 75.1 Å². The van der Waals surface area contributed by atoms with Gasteiger partial charge in [-0.15, -0.1) is 5.10 Å². The van der Waals surface area contributed by atoms with Crippen molar-refractivity contribution in [2.24, 2.45) is 0 Å². The van der Waals surface area contributed by atoms with Crippen LogP contribution in [0.3, 0.4) is 0 Å². The van der Waals surface area contributed by atoms with Crippen molar-refractivity contribution in [2.75, 3.05) is 33.2 Å². The van der Waals surface area contributed by atoms with Gasteiger partial charge in [-0.3, -0.25) is 4.79 Å². The molecule has 0 aliphatic carbocycles. The van der Waals surface area contributed by atoms with E-state index in [0.29, 0.717) is 24.3 Å². The molecule has 0 saturated carbocycles. The van der Waals surface area contributed by atoms with Crippen molar-refractivity contribution < 1.29 is 4.79 Å². The fraction of sp³-hybridized carbons (Fsp3) is 0.800. The van der Waals surface area contributed by atoms with Crippen LogP contribution in [0.4, 0.5) is 0 Å². The van der Waals surface area contributed by atoms with E-state index in [0.717, 1.165) is 38.2 Å². The van der Waals surface area contributed by atoms with Gasteiger partial charge in [0.05, 0.1) is 11.7 Å². The summed E-state index contributed by atoms with van der Waals surface area (Å²) >= 11 is 0. The van der Waals surface area contributed by atoms with Gasteiger partial charge in [-0.25, -0.2) is 4.68 Å². The summed E-state index contributed by atoms with van der Waals surface area (Å²) in [7, 11) is 2.05. The summed E-state index contributed by atoms with van der Waals surface area (Å²) in [6.45, 7) is 9.63. The van der Waals surface area contributed by atoms with Crippen molar-refractivity contribution in [3.8, 4) is 0 Å². The maximum atomic E-state index is 12.3. The second-order valence-corrected chi connectivity index (χ2v) is 6.28. The van der Waals surface area contributed by atoms with E-state index >= 15 is 0 Å². The molecule has 22 heavy (non-hydrogen) atoms. The van der Waals surface area contributed by atoms with Crippen LogP contribution in [0.2, 0.25) is 0 Å². The van der Waals surface area contributed by atoms with Crippen LogP contribution in [-0.2, 0) is 0 Å². The average Bonchev–Trinajstić information content (AvgIpc) is 2.89. The number of hydrogen-bond acceptors (Lipinski definition) is 5. The number of hydrogen-bond donors (Lipinski definition) is 2. The fourth-order valence-electron chi connectivity index (χ4n) is 2.64. The van der Waals surface area contributed by atoms with Crippen LogP contribution in [0.15, 0.2) is 0 Å². The van der Waals surface area contributed by atoms with Gasteiger partial charge in [0.15, 0.2) is 5.69 Å². The Kier molecular flexibility index (Phi) is 5.90. The second kappa shape index (κ2) is 7.69. The molecule has 1 fully saturated rings. The van der Waals surface area contributed by atoms with Crippen molar-refractivity contribution in [3.63, 3.8) is 0 Å². The highest BCUT2D eigenvalue weighted by atomic mass is 16.2. The number of nitrogens with zero attached hydrogens (tertiary/aromatic N) is 4. The molecule has 0 spiro atoms. The van der Waals surface area contributed by atoms with Crippen LogP contribution in [-0.4, -0.2) is 65.1 Å². The molecule has 2 N–H and O–H groups in total. The normalized spacial score (nSPS) is 16.5.